The summed E-state index contributed by atoms with van der Waals surface area (Å²) in [5, 5.41) is 19.5. The second-order valence-electron chi connectivity index (χ2n) is 11.3. The zero-order valence-corrected chi connectivity index (χ0v) is 23.8. The van der Waals surface area contributed by atoms with E-state index in [9.17, 15) is 19.8 Å². The largest absolute Gasteiger partial charge is 0.384 e. The molecule has 0 radical (unpaired) electrons. The molecule has 2 fully saturated rings. The number of aromatic nitrogens is 4. The molecule has 4 aromatic rings. The Morgan fingerprint density at radius 1 is 0.690 bits per heavy atom. The number of benzene rings is 2. The molecule has 2 aromatic heterocycles. The van der Waals surface area contributed by atoms with Crippen LogP contribution in [0.5, 0.6) is 0 Å². The Morgan fingerprint density at radius 3 is 1.40 bits per heavy atom. The standard InChI is InChI=1S/C32H36N6O4/c1-19(39)31(41)37-15-3-5-27(37)29-33-17-25(35-29)23-11-7-21(8-12-23)22-9-13-24(14-10-22)26-18-34-30(36-26)28-6-4-16-38(28)32(42)20(2)40/h7-14,17-20,27-28,39-40H,3-6,15-16H2,1-2H3,(H,33,35)(H,34,36)/t19-,20-,27+,28+/m1/s1. The van der Waals surface area contributed by atoms with Gasteiger partial charge in [-0.15, -0.1) is 0 Å². The zero-order chi connectivity index (χ0) is 29.4. The third-order valence-electron chi connectivity index (χ3n) is 8.33. The van der Waals surface area contributed by atoms with Crippen LogP contribution >= 0.6 is 0 Å². The van der Waals surface area contributed by atoms with Crippen molar-refractivity contribution in [1.82, 2.24) is 29.7 Å². The topological polar surface area (TPSA) is 138 Å². The first kappa shape index (κ1) is 27.9. The predicted molar refractivity (Wildman–Crippen MR) is 158 cm³/mol. The molecule has 2 aliphatic heterocycles. The Balaban J connectivity index is 1.13. The lowest BCUT2D eigenvalue weighted by Gasteiger charge is -2.24. The van der Waals surface area contributed by atoms with Gasteiger partial charge in [-0.3, -0.25) is 9.59 Å². The quantitative estimate of drug-likeness (QED) is 0.263. The Labute approximate surface area is 244 Å². The zero-order valence-electron chi connectivity index (χ0n) is 23.8. The van der Waals surface area contributed by atoms with Crippen molar-refractivity contribution < 1.29 is 19.8 Å². The number of amides is 2. The van der Waals surface area contributed by atoms with Gasteiger partial charge in [-0.05, 0) is 61.8 Å². The van der Waals surface area contributed by atoms with Crippen molar-refractivity contribution in [1.29, 1.82) is 0 Å². The number of hydrogen-bond donors (Lipinski definition) is 4. The van der Waals surface area contributed by atoms with Crippen molar-refractivity contribution in [2.45, 2.75) is 63.8 Å². The molecule has 2 aromatic carbocycles. The van der Waals surface area contributed by atoms with Gasteiger partial charge in [0.2, 0.25) is 0 Å². The molecular weight excluding hydrogens is 532 g/mol. The molecule has 6 rings (SSSR count). The van der Waals surface area contributed by atoms with Gasteiger partial charge in [-0.25, -0.2) is 9.97 Å². The highest BCUT2D eigenvalue weighted by atomic mass is 16.3. The van der Waals surface area contributed by atoms with Crippen LogP contribution in [0.25, 0.3) is 33.6 Å². The molecule has 2 amide bonds. The molecule has 4 N–H and O–H groups in total. The van der Waals surface area contributed by atoms with Gasteiger partial charge in [-0.2, -0.15) is 0 Å². The maximum absolute atomic E-state index is 12.4. The molecule has 4 heterocycles. The molecule has 2 saturated heterocycles. The van der Waals surface area contributed by atoms with E-state index in [0.717, 1.165) is 71.0 Å². The van der Waals surface area contributed by atoms with Gasteiger partial charge < -0.3 is 30.0 Å². The fourth-order valence-electron chi connectivity index (χ4n) is 6.10. The van der Waals surface area contributed by atoms with Crippen molar-refractivity contribution in [2.75, 3.05) is 13.1 Å². The van der Waals surface area contributed by atoms with Crippen LogP contribution in [0.1, 0.15) is 63.3 Å². The van der Waals surface area contributed by atoms with E-state index in [1.54, 1.807) is 22.2 Å². The minimum atomic E-state index is -1.02. The van der Waals surface area contributed by atoms with E-state index >= 15 is 0 Å². The smallest absolute Gasteiger partial charge is 0.251 e. The first-order valence-electron chi connectivity index (χ1n) is 14.6. The summed E-state index contributed by atoms with van der Waals surface area (Å²) in [6.07, 6.45) is 4.98. The molecule has 218 valence electrons. The highest BCUT2D eigenvalue weighted by Crippen LogP contribution is 2.34. The van der Waals surface area contributed by atoms with E-state index in [2.05, 4.69) is 68.5 Å². The number of aromatic amines is 2. The molecule has 0 saturated carbocycles. The highest BCUT2D eigenvalue weighted by Gasteiger charge is 2.34. The highest BCUT2D eigenvalue weighted by molar-refractivity contribution is 5.81. The molecule has 4 atom stereocenters. The van der Waals surface area contributed by atoms with Crippen molar-refractivity contribution >= 4 is 11.8 Å². The Hall–Kier alpha value is -4.28. The number of nitrogens with zero attached hydrogens (tertiary/aromatic N) is 4. The van der Waals surface area contributed by atoms with E-state index < -0.39 is 12.2 Å². The lowest BCUT2D eigenvalue weighted by Crippen LogP contribution is -2.37. The van der Waals surface area contributed by atoms with Crippen molar-refractivity contribution in [3.63, 3.8) is 0 Å². The number of carbonyl (C=O) groups excluding carboxylic acids is 2. The number of H-pyrrole nitrogens is 2. The Kier molecular flexibility index (Phi) is 7.66. The van der Waals surface area contributed by atoms with Gasteiger partial charge in [-0.1, -0.05) is 48.5 Å². The average Bonchev–Trinajstić information content (AvgIpc) is 3.82. The molecule has 42 heavy (non-hydrogen) atoms. The van der Waals surface area contributed by atoms with Crippen LogP contribution in [0.2, 0.25) is 0 Å². The fraction of sp³-hybridized carbons (Fsp3) is 0.375. The summed E-state index contributed by atoms with van der Waals surface area (Å²) in [4.78, 5) is 44.1. The van der Waals surface area contributed by atoms with E-state index in [-0.39, 0.29) is 23.9 Å². The fourth-order valence-corrected chi connectivity index (χ4v) is 6.10. The number of carbonyl (C=O) groups is 2. The van der Waals surface area contributed by atoms with E-state index in [1.165, 1.54) is 13.8 Å². The van der Waals surface area contributed by atoms with Crippen LogP contribution < -0.4 is 0 Å². The van der Waals surface area contributed by atoms with Crippen LogP contribution in [0, 0.1) is 0 Å². The SMILES string of the molecule is C[C@@H](O)C(=O)N1CCC[C@H]1c1ncc(-c2ccc(-c3ccc(-c4cnc([C@@H]5CCCN5C(=O)[C@@H](C)O)[nH]4)cc3)cc2)[nH]1. The summed E-state index contributed by atoms with van der Waals surface area (Å²) in [5.41, 5.74) is 5.93. The maximum Gasteiger partial charge on any atom is 0.251 e. The van der Waals surface area contributed by atoms with E-state index in [1.807, 2.05) is 0 Å². The molecule has 2 aliphatic rings. The van der Waals surface area contributed by atoms with Crippen LogP contribution in [-0.4, -0.2) is 77.1 Å². The van der Waals surface area contributed by atoms with Gasteiger partial charge in [0.25, 0.3) is 11.8 Å². The first-order chi connectivity index (χ1) is 20.3. The van der Waals surface area contributed by atoms with Gasteiger partial charge in [0.05, 0.1) is 35.9 Å². The van der Waals surface area contributed by atoms with Crippen LogP contribution in [0.3, 0.4) is 0 Å². The average molecular weight is 569 g/mol. The molecule has 10 heteroatoms. The Morgan fingerprint density at radius 2 is 1.05 bits per heavy atom. The summed E-state index contributed by atoms with van der Waals surface area (Å²) < 4.78 is 0. The maximum atomic E-state index is 12.4. The Bertz CT molecular complexity index is 1440. The second-order valence-corrected chi connectivity index (χ2v) is 11.3. The number of aliphatic hydroxyl groups is 2. The second kappa shape index (κ2) is 11.5. The number of aliphatic hydroxyl groups excluding tert-OH is 2. The minimum absolute atomic E-state index is 0.145. The number of imidazole rings is 2. The van der Waals surface area contributed by atoms with Crippen molar-refractivity contribution in [2.24, 2.45) is 0 Å². The summed E-state index contributed by atoms with van der Waals surface area (Å²) >= 11 is 0. The number of rotatable bonds is 7. The van der Waals surface area contributed by atoms with Gasteiger partial charge in [0, 0.05) is 13.1 Å². The van der Waals surface area contributed by atoms with E-state index in [4.69, 9.17) is 0 Å². The lowest BCUT2D eigenvalue weighted by atomic mass is 10.0. The summed E-state index contributed by atoms with van der Waals surface area (Å²) in [6, 6.07) is 16.2. The van der Waals surface area contributed by atoms with Gasteiger partial charge in [0.15, 0.2) is 0 Å². The van der Waals surface area contributed by atoms with Crippen molar-refractivity contribution in [3.8, 4) is 33.6 Å². The number of hydrogen-bond acceptors (Lipinski definition) is 6. The summed E-state index contributed by atoms with van der Waals surface area (Å²) in [5.74, 6) is 0.966. The third-order valence-corrected chi connectivity index (χ3v) is 8.33. The predicted octanol–water partition coefficient (Wildman–Crippen LogP) is 4.22. The third kappa shape index (κ3) is 5.35. The minimum Gasteiger partial charge on any atom is -0.384 e. The number of likely N-dealkylation sites (tertiary alicyclic amines) is 2. The van der Waals surface area contributed by atoms with Gasteiger partial charge >= 0.3 is 0 Å². The molecular formula is C32H36N6O4. The van der Waals surface area contributed by atoms with E-state index in [0.29, 0.717) is 13.1 Å². The monoisotopic (exact) mass is 568 g/mol. The molecule has 0 aliphatic carbocycles. The first-order valence-corrected chi connectivity index (χ1v) is 14.6. The lowest BCUT2D eigenvalue weighted by molar-refractivity contribution is -0.140. The molecule has 10 nitrogen and oxygen atoms in total. The molecule has 0 unspecified atom stereocenters. The van der Waals surface area contributed by atoms with Gasteiger partial charge in [0.1, 0.15) is 23.9 Å². The van der Waals surface area contributed by atoms with Crippen LogP contribution in [0.4, 0.5) is 0 Å². The molecule has 0 spiro atoms. The summed E-state index contributed by atoms with van der Waals surface area (Å²) in [7, 11) is 0. The van der Waals surface area contributed by atoms with Crippen molar-refractivity contribution in [3.05, 3.63) is 72.6 Å². The van der Waals surface area contributed by atoms with Crippen LogP contribution in [-0.2, 0) is 9.59 Å². The van der Waals surface area contributed by atoms with Crippen LogP contribution in [0.15, 0.2) is 60.9 Å². The number of nitrogens with one attached hydrogen (secondary N) is 2. The normalized spacial score (nSPS) is 20.2. The summed E-state index contributed by atoms with van der Waals surface area (Å²) in [6.45, 7) is 4.26. The molecule has 0 bridgehead atoms.